The van der Waals surface area contributed by atoms with Crippen molar-refractivity contribution in [2.45, 2.75) is 6.54 Å². The van der Waals surface area contributed by atoms with Crippen LogP contribution >= 0.6 is 11.3 Å². The maximum absolute atomic E-state index is 12.0. The van der Waals surface area contributed by atoms with E-state index in [9.17, 15) is 13.6 Å². The van der Waals surface area contributed by atoms with Crippen molar-refractivity contribution in [2.75, 3.05) is 5.32 Å². The molecule has 0 fully saturated rings. The van der Waals surface area contributed by atoms with Crippen LogP contribution in [0.2, 0.25) is 0 Å². The lowest BCUT2D eigenvalue weighted by Gasteiger charge is -2.08. The molecule has 1 amide bonds. The largest absolute Gasteiger partial charge is 0.760 e. The Kier molecular flexibility index (Phi) is 3.98. The lowest BCUT2D eigenvalue weighted by Crippen LogP contribution is -2.15. The highest BCUT2D eigenvalue weighted by molar-refractivity contribution is 7.77. The van der Waals surface area contributed by atoms with Crippen LogP contribution in [0.1, 0.15) is 16.0 Å². The smallest absolute Gasteiger partial charge is 0.256 e. The summed E-state index contributed by atoms with van der Waals surface area (Å²) < 4.78 is 23.4. The monoisotopic (exact) mass is 319 g/mol. The van der Waals surface area contributed by atoms with Gasteiger partial charge in [0.1, 0.15) is 0 Å². The fourth-order valence-electron chi connectivity index (χ4n) is 2.15. The standard InChI is InChI=1S/C14H12N2O3S2/c17-14-12(7-10-2-1-5-20-10)11-6-9(8-15-21(18)19)3-4-13(11)16-14/h1-7,15H,8H2,(H,16,17)(H,18,19)/p-1/b12-7-. The molecule has 1 aliphatic heterocycles. The molecular formula is C14H11N2O3S2-. The molecule has 3 rings (SSSR count). The number of amides is 1. The molecule has 0 aliphatic carbocycles. The third-order valence-corrected chi connectivity index (χ3v) is 4.29. The van der Waals surface area contributed by atoms with Crippen LogP contribution in [0.15, 0.2) is 35.7 Å². The summed E-state index contributed by atoms with van der Waals surface area (Å²) >= 11 is -0.747. The zero-order valence-electron chi connectivity index (χ0n) is 10.8. The molecule has 1 atom stereocenters. The number of anilines is 1. The Morgan fingerprint density at radius 1 is 1.38 bits per heavy atom. The quantitative estimate of drug-likeness (QED) is 0.669. The van der Waals surface area contributed by atoms with Crippen molar-refractivity contribution >= 4 is 45.8 Å². The molecule has 0 spiro atoms. The summed E-state index contributed by atoms with van der Waals surface area (Å²) in [5.41, 5.74) is 2.93. The topological polar surface area (TPSA) is 81.3 Å². The Morgan fingerprint density at radius 2 is 2.24 bits per heavy atom. The molecule has 1 unspecified atom stereocenters. The van der Waals surface area contributed by atoms with Gasteiger partial charge in [-0.05, 0) is 35.2 Å². The fourth-order valence-corrected chi connectivity index (χ4v) is 3.09. The highest BCUT2D eigenvalue weighted by Gasteiger charge is 2.24. The molecule has 0 saturated heterocycles. The van der Waals surface area contributed by atoms with Crippen molar-refractivity contribution in [1.29, 1.82) is 0 Å². The van der Waals surface area contributed by atoms with Gasteiger partial charge in [0.05, 0.1) is 5.57 Å². The minimum Gasteiger partial charge on any atom is -0.760 e. The van der Waals surface area contributed by atoms with Crippen LogP contribution in [0.3, 0.4) is 0 Å². The average molecular weight is 319 g/mol. The molecular weight excluding hydrogens is 308 g/mol. The molecule has 2 heterocycles. The molecule has 1 aromatic carbocycles. The van der Waals surface area contributed by atoms with Crippen LogP contribution in [0.25, 0.3) is 11.6 Å². The zero-order valence-corrected chi connectivity index (χ0v) is 12.4. The molecule has 1 aliphatic rings. The van der Waals surface area contributed by atoms with Gasteiger partial charge in [0.15, 0.2) is 0 Å². The van der Waals surface area contributed by atoms with Gasteiger partial charge in [0, 0.05) is 33.9 Å². The Morgan fingerprint density at radius 3 is 2.95 bits per heavy atom. The predicted octanol–water partition coefficient (Wildman–Crippen LogP) is 2.12. The lowest BCUT2D eigenvalue weighted by atomic mass is 10.0. The SMILES string of the molecule is O=C1Nc2ccc(CNS(=O)[O-])cc2/C1=C/c1cccs1. The zero-order chi connectivity index (χ0) is 14.8. The van der Waals surface area contributed by atoms with E-state index in [0.29, 0.717) is 5.57 Å². The normalized spacial score (nSPS) is 16.8. The van der Waals surface area contributed by atoms with E-state index in [1.54, 1.807) is 23.5 Å². The molecule has 0 bridgehead atoms. The molecule has 5 nitrogen and oxygen atoms in total. The van der Waals surface area contributed by atoms with Gasteiger partial charge in [-0.3, -0.25) is 9.00 Å². The second-order valence-corrected chi connectivity index (χ2v) is 6.20. The molecule has 0 radical (unpaired) electrons. The summed E-state index contributed by atoms with van der Waals surface area (Å²) in [5.74, 6) is -0.143. The van der Waals surface area contributed by atoms with Crippen LogP contribution in [-0.4, -0.2) is 14.7 Å². The number of rotatable bonds is 4. The second-order valence-electron chi connectivity index (χ2n) is 4.46. The number of benzene rings is 1. The van der Waals surface area contributed by atoms with Crippen molar-refractivity contribution in [1.82, 2.24) is 4.72 Å². The van der Waals surface area contributed by atoms with Gasteiger partial charge < -0.3 is 9.87 Å². The summed E-state index contributed by atoms with van der Waals surface area (Å²) in [6.45, 7) is 0.198. The van der Waals surface area contributed by atoms with Gasteiger partial charge in [0.25, 0.3) is 5.91 Å². The van der Waals surface area contributed by atoms with E-state index in [1.165, 1.54) is 0 Å². The summed E-state index contributed by atoms with van der Waals surface area (Å²) in [4.78, 5) is 13.0. The molecule has 2 aromatic rings. The summed E-state index contributed by atoms with van der Waals surface area (Å²) in [6.07, 6.45) is 1.84. The van der Waals surface area contributed by atoms with Gasteiger partial charge in [-0.2, -0.15) is 0 Å². The predicted molar refractivity (Wildman–Crippen MR) is 83.0 cm³/mol. The minimum atomic E-state index is -2.30. The number of hydrogen-bond acceptors (Lipinski definition) is 4. The van der Waals surface area contributed by atoms with Crippen LogP contribution in [0.5, 0.6) is 0 Å². The number of thiophene rings is 1. The van der Waals surface area contributed by atoms with Gasteiger partial charge >= 0.3 is 0 Å². The first-order valence-corrected chi connectivity index (χ1v) is 8.11. The minimum absolute atomic E-state index is 0.143. The number of nitrogens with one attached hydrogen (secondary N) is 2. The van der Waals surface area contributed by atoms with Crippen molar-refractivity contribution < 1.29 is 13.6 Å². The summed E-state index contributed by atoms with van der Waals surface area (Å²) in [7, 11) is 0. The maximum atomic E-state index is 12.0. The van der Waals surface area contributed by atoms with E-state index in [1.807, 2.05) is 29.7 Å². The Balaban J connectivity index is 1.95. The molecule has 108 valence electrons. The third kappa shape index (κ3) is 3.11. The Labute approximate surface area is 128 Å². The van der Waals surface area contributed by atoms with Crippen LogP contribution in [-0.2, 0) is 22.6 Å². The van der Waals surface area contributed by atoms with Gasteiger partial charge in [-0.15, -0.1) is 11.3 Å². The third-order valence-electron chi connectivity index (χ3n) is 3.09. The first kappa shape index (κ1) is 14.2. The van der Waals surface area contributed by atoms with E-state index < -0.39 is 11.3 Å². The van der Waals surface area contributed by atoms with E-state index in [-0.39, 0.29) is 12.5 Å². The molecule has 21 heavy (non-hydrogen) atoms. The van der Waals surface area contributed by atoms with Gasteiger partial charge in [0.2, 0.25) is 0 Å². The van der Waals surface area contributed by atoms with E-state index in [4.69, 9.17) is 0 Å². The summed E-state index contributed by atoms with van der Waals surface area (Å²) in [6, 6.07) is 9.26. The number of fused-ring (bicyclic) bond motifs is 1. The van der Waals surface area contributed by atoms with Crippen molar-refractivity contribution in [3.05, 3.63) is 51.7 Å². The number of carbonyl (C=O) groups is 1. The van der Waals surface area contributed by atoms with E-state index in [0.717, 1.165) is 21.7 Å². The first-order chi connectivity index (χ1) is 10.1. The molecule has 2 N–H and O–H groups in total. The van der Waals surface area contributed by atoms with E-state index in [2.05, 4.69) is 10.0 Å². The first-order valence-electron chi connectivity index (χ1n) is 6.16. The van der Waals surface area contributed by atoms with Crippen molar-refractivity contribution in [2.24, 2.45) is 0 Å². The summed E-state index contributed by atoms with van der Waals surface area (Å²) in [5, 5.41) is 4.76. The van der Waals surface area contributed by atoms with Gasteiger partial charge in [-0.1, -0.05) is 12.1 Å². The molecule has 1 aromatic heterocycles. The van der Waals surface area contributed by atoms with Crippen molar-refractivity contribution in [3.8, 4) is 0 Å². The van der Waals surface area contributed by atoms with E-state index >= 15 is 0 Å². The van der Waals surface area contributed by atoms with Crippen LogP contribution in [0, 0.1) is 0 Å². The molecule has 0 saturated carbocycles. The van der Waals surface area contributed by atoms with Crippen molar-refractivity contribution in [3.63, 3.8) is 0 Å². The van der Waals surface area contributed by atoms with Crippen LogP contribution < -0.4 is 10.0 Å². The highest BCUT2D eigenvalue weighted by atomic mass is 32.2. The number of carbonyl (C=O) groups excluding carboxylic acids is 1. The van der Waals surface area contributed by atoms with Crippen LogP contribution in [0.4, 0.5) is 5.69 Å². The fraction of sp³-hybridized carbons (Fsp3) is 0.0714. The highest BCUT2D eigenvalue weighted by Crippen LogP contribution is 2.34. The second kappa shape index (κ2) is 5.90. The Hall–Kier alpha value is -1.80. The Bertz CT molecular complexity index is 739. The lowest BCUT2D eigenvalue weighted by molar-refractivity contribution is -0.110. The number of hydrogen-bond donors (Lipinski definition) is 2. The maximum Gasteiger partial charge on any atom is 0.256 e. The van der Waals surface area contributed by atoms with Gasteiger partial charge in [-0.25, -0.2) is 4.72 Å². The average Bonchev–Trinajstić information content (AvgIpc) is 3.06. The molecule has 7 heteroatoms.